The van der Waals surface area contributed by atoms with Crippen molar-refractivity contribution in [3.8, 4) is 0 Å². The number of nitrogens with one attached hydrogen (secondary N) is 1. The van der Waals surface area contributed by atoms with E-state index in [2.05, 4.69) is 18.8 Å². The van der Waals surface area contributed by atoms with E-state index in [1.165, 1.54) is 31.8 Å². The fourth-order valence-electron chi connectivity index (χ4n) is 1.96. The molecule has 6 heteroatoms. The van der Waals surface area contributed by atoms with Crippen molar-refractivity contribution >= 4 is 23.8 Å². The molecule has 0 radical (unpaired) electrons. The van der Waals surface area contributed by atoms with Gasteiger partial charge in [0.15, 0.2) is 0 Å². The van der Waals surface area contributed by atoms with Crippen molar-refractivity contribution in [3.63, 3.8) is 0 Å². The highest BCUT2D eigenvalue weighted by Crippen LogP contribution is 2.07. The first-order chi connectivity index (χ1) is 11.2. The van der Waals surface area contributed by atoms with Gasteiger partial charge < -0.3 is 14.8 Å². The lowest BCUT2D eigenvalue weighted by Gasteiger charge is -2.17. The molecule has 0 aliphatic heterocycles. The van der Waals surface area contributed by atoms with Gasteiger partial charge in [0.05, 0.1) is 6.61 Å². The predicted molar refractivity (Wildman–Crippen MR) is 95.8 cm³/mol. The van der Waals surface area contributed by atoms with Gasteiger partial charge in [0.2, 0.25) is 0 Å². The molecule has 134 valence electrons. The van der Waals surface area contributed by atoms with Crippen LogP contribution in [0.2, 0.25) is 0 Å². The Labute approximate surface area is 144 Å². The van der Waals surface area contributed by atoms with E-state index in [-0.39, 0.29) is 12.6 Å². The number of unbranched alkanes of at least 4 members (excludes halogenated alkanes) is 5. The normalized spacial score (nSPS) is 11.6. The molecule has 0 aromatic carbocycles. The highest BCUT2D eigenvalue weighted by molar-refractivity contribution is 7.98. The standard InChI is InChI=1S/C17H31NO4S/c1-4-6-7-8-9-10-13-21-16(19)15(11-14-23-3)18-17(20)22-12-5-2/h5,15H,2,4,6-14H2,1,3H3,(H,18,20)/t15-/m0/s1. The number of rotatable bonds is 14. The second-order valence-corrected chi connectivity index (χ2v) is 6.29. The third-order valence-electron chi connectivity index (χ3n) is 3.26. The number of thioether (sulfide) groups is 1. The maximum absolute atomic E-state index is 12.1. The first kappa shape index (κ1) is 21.8. The van der Waals surface area contributed by atoms with E-state index in [0.717, 1.165) is 18.6 Å². The summed E-state index contributed by atoms with van der Waals surface area (Å²) in [4.78, 5) is 23.6. The van der Waals surface area contributed by atoms with Crippen molar-refractivity contribution in [1.29, 1.82) is 0 Å². The monoisotopic (exact) mass is 345 g/mol. The highest BCUT2D eigenvalue weighted by Gasteiger charge is 2.22. The smallest absolute Gasteiger partial charge is 0.408 e. The average Bonchev–Trinajstić information content (AvgIpc) is 2.55. The van der Waals surface area contributed by atoms with Crippen LogP contribution in [0.1, 0.15) is 51.9 Å². The first-order valence-electron chi connectivity index (χ1n) is 8.35. The zero-order chi connectivity index (χ0) is 17.3. The van der Waals surface area contributed by atoms with E-state index >= 15 is 0 Å². The van der Waals surface area contributed by atoms with Crippen molar-refractivity contribution in [2.45, 2.75) is 57.9 Å². The van der Waals surface area contributed by atoms with Crippen LogP contribution < -0.4 is 5.32 Å². The zero-order valence-corrected chi connectivity index (χ0v) is 15.3. The molecule has 5 nitrogen and oxygen atoms in total. The van der Waals surface area contributed by atoms with Crippen LogP contribution in [0.3, 0.4) is 0 Å². The fourth-order valence-corrected chi connectivity index (χ4v) is 2.43. The summed E-state index contributed by atoms with van der Waals surface area (Å²) in [6.07, 6.45) is 10.2. The molecular weight excluding hydrogens is 314 g/mol. The second kappa shape index (κ2) is 15.7. The van der Waals surface area contributed by atoms with E-state index in [9.17, 15) is 9.59 Å². The summed E-state index contributed by atoms with van der Waals surface area (Å²) in [5.41, 5.74) is 0. The summed E-state index contributed by atoms with van der Waals surface area (Å²) in [5.74, 6) is 0.376. The SMILES string of the molecule is C=CCOC(=O)N[C@@H](CCSC)C(=O)OCCCCCCCC. The Morgan fingerprint density at radius 3 is 2.52 bits per heavy atom. The number of ether oxygens (including phenoxy) is 2. The Balaban J connectivity index is 4.04. The minimum atomic E-state index is -0.653. The molecule has 0 saturated carbocycles. The molecule has 0 fully saturated rings. The van der Waals surface area contributed by atoms with Crippen molar-refractivity contribution in [2.75, 3.05) is 25.2 Å². The van der Waals surface area contributed by atoms with E-state index in [4.69, 9.17) is 9.47 Å². The maximum atomic E-state index is 12.1. The first-order valence-corrected chi connectivity index (χ1v) is 9.74. The Morgan fingerprint density at radius 1 is 1.17 bits per heavy atom. The van der Waals surface area contributed by atoms with Crippen molar-refractivity contribution in [1.82, 2.24) is 5.32 Å². The Bertz CT molecular complexity index is 337. The summed E-state index contributed by atoms with van der Waals surface area (Å²) in [6, 6.07) is -0.653. The number of hydrogen-bond acceptors (Lipinski definition) is 5. The van der Waals surface area contributed by atoms with Gasteiger partial charge in [0.1, 0.15) is 12.6 Å². The van der Waals surface area contributed by atoms with Gasteiger partial charge in [-0.25, -0.2) is 9.59 Å². The van der Waals surface area contributed by atoms with Crippen molar-refractivity contribution < 1.29 is 19.1 Å². The van der Waals surface area contributed by atoms with Crippen LogP contribution in [0.5, 0.6) is 0 Å². The quantitative estimate of drug-likeness (QED) is 0.294. The molecular formula is C17H31NO4S. The average molecular weight is 346 g/mol. The van der Waals surface area contributed by atoms with Gasteiger partial charge in [-0.2, -0.15) is 11.8 Å². The molecule has 0 unspecified atom stereocenters. The molecule has 0 aliphatic rings. The van der Waals surface area contributed by atoms with Gasteiger partial charge in [-0.05, 0) is 24.9 Å². The number of carbonyl (C=O) groups excluding carboxylic acids is 2. The molecule has 0 heterocycles. The van der Waals surface area contributed by atoms with Crippen molar-refractivity contribution in [2.24, 2.45) is 0 Å². The third kappa shape index (κ3) is 13.0. The van der Waals surface area contributed by atoms with E-state index in [1.807, 2.05) is 6.26 Å². The molecule has 0 aliphatic carbocycles. The number of hydrogen-bond donors (Lipinski definition) is 1. The Morgan fingerprint density at radius 2 is 1.87 bits per heavy atom. The third-order valence-corrected chi connectivity index (χ3v) is 3.91. The molecule has 1 atom stereocenters. The van der Waals surface area contributed by atoms with Gasteiger partial charge >= 0.3 is 12.1 Å². The zero-order valence-electron chi connectivity index (χ0n) is 14.5. The van der Waals surface area contributed by atoms with Gasteiger partial charge in [-0.1, -0.05) is 51.7 Å². The van der Waals surface area contributed by atoms with Crippen LogP contribution >= 0.6 is 11.8 Å². The minimum Gasteiger partial charge on any atom is -0.464 e. The van der Waals surface area contributed by atoms with Crippen LogP contribution in [-0.2, 0) is 14.3 Å². The van der Waals surface area contributed by atoms with Crippen LogP contribution in [0.25, 0.3) is 0 Å². The topological polar surface area (TPSA) is 64.6 Å². The number of esters is 1. The molecule has 1 N–H and O–H groups in total. The summed E-state index contributed by atoms with van der Waals surface area (Å²) < 4.78 is 10.1. The molecule has 0 aromatic heterocycles. The van der Waals surface area contributed by atoms with E-state index in [1.54, 1.807) is 11.8 Å². The van der Waals surface area contributed by atoms with Gasteiger partial charge in [0.25, 0.3) is 0 Å². The molecule has 0 aromatic rings. The predicted octanol–water partition coefficient (Wildman–Crippen LogP) is 3.92. The Kier molecular flexibility index (Phi) is 14.9. The van der Waals surface area contributed by atoms with E-state index < -0.39 is 12.1 Å². The van der Waals surface area contributed by atoms with Gasteiger partial charge in [0, 0.05) is 0 Å². The summed E-state index contributed by atoms with van der Waals surface area (Å²) in [7, 11) is 0. The molecule has 0 spiro atoms. The van der Waals surface area contributed by atoms with E-state index in [0.29, 0.717) is 13.0 Å². The molecule has 1 amide bonds. The number of carbonyl (C=O) groups is 2. The van der Waals surface area contributed by atoms with Crippen LogP contribution in [-0.4, -0.2) is 43.3 Å². The Hall–Kier alpha value is -1.17. The second-order valence-electron chi connectivity index (χ2n) is 5.30. The largest absolute Gasteiger partial charge is 0.464 e. The van der Waals surface area contributed by atoms with Gasteiger partial charge in [-0.15, -0.1) is 0 Å². The van der Waals surface area contributed by atoms with Gasteiger partial charge in [-0.3, -0.25) is 0 Å². The summed E-state index contributed by atoms with van der Waals surface area (Å²) >= 11 is 1.62. The molecule has 23 heavy (non-hydrogen) atoms. The highest BCUT2D eigenvalue weighted by atomic mass is 32.2. The number of amides is 1. The van der Waals surface area contributed by atoms with Crippen LogP contribution in [0, 0.1) is 0 Å². The lowest BCUT2D eigenvalue weighted by atomic mass is 10.1. The fraction of sp³-hybridized carbons (Fsp3) is 0.765. The summed E-state index contributed by atoms with van der Waals surface area (Å²) in [5, 5.41) is 2.56. The molecule has 0 bridgehead atoms. The lowest BCUT2D eigenvalue weighted by Crippen LogP contribution is -2.42. The maximum Gasteiger partial charge on any atom is 0.408 e. The number of alkyl carbamates (subject to hydrolysis) is 1. The van der Waals surface area contributed by atoms with Crippen molar-refractivity contribution in [3.05, 3.63) is 12.7 Å². The molecule has 0 rings (SSSR count). The lowest BCUT2D eigenvalue weighted by molar-refractivity contribution is -0.146. The van der Waals surface area contributed by atoms with Crippen LogP contribution in [0.4, 0.5) is 4.79 Å². The molecule has 0 saturated heterocycles. The van der Waals surface area contributed by atoms with Crippen LogP contribution in [0.15, 0.2) is 12.7 Å². The minimum absolute atomic E-state index is 0.119. The summed E-state index contributed by atoms with van der Waals surface area (Å²) in [6.45, 7) is 6.18.